The highest BCUT2D eigenvalue weighted by Gasteiger charge is 2.13. The average Bonchev–Trinajstić information content (AvgIpc) is 2.69. The molecule has 0 aliphatic carbocycles. The largest absolute Gasteiger partial charge is 0.397 e. The summed E-state index contributed by atoms with van der Waals surface area (Å²) in [6.07, 6.45) is 8.64. The van der Waals surface area contributed by atoms with Crippen LogP contribution in [0.3, 0.4) is 0 Å². The summed E-state index contributed by atoms with van der Waals surface area (Å²) in [4.78, 5) is 17.6. The first-order valence-corrected chi connectivity index (χ1v) is 8.89. The molecule has 1 aromatic carbocycles. The van der Waals surface area contributed by atoms with Crippen molar-refractivity contribution in [1.29, 1.82) is 5.41 Å². The Hall–Kier alpha value is -3.48. The van der Waals surface area contributed by atoms with E-state index in [9.17, 15) is 4.39 Å². The van der Waals surface area contributed by atoms with Crippen LogP contribution in [0.4, 0.5) is 4.39 Å². The van der Waals surface area contributed by atoms with E-state index >= 15 is 0 Å². The lowest BCUT2D eigenvalue weighted by Crippen LogP contribution is -2.10. The second-order valence-corrected chi connectivity index (χ2v) is 6.48. The molecule has 3 aromatic rings. The lowest BCUT2D eigenvalue weighted by atomic mass is 9.97. The highest BCUT2D eigenvalue weighted by Crippen LogP contribution is 2.21. The van der Waals surface area contributed by atoms with E-state index in [4.69, 9.17) is 11.1 Å². The van der Waals surface area contributed by atoms with Gasteiger partial charge in [0.25, 0.3) is 0 Å². The van der Waals surface area contributed by atoms with Gasteiger partial charge >= 0.3 is 0 Å². The second-order valence-electron chi connectivity index (χ2n) is 6.48. The van der Waals surface area contributed by atoms with Gasteiger partial charge in [-0.3, -0.25) is 9.97 Å². The molecule has 6 nitrogen and oxygen atoms in total. The fourth-order valence-electron chi connectivity index (χ4n) is 2.85. The molecule has 2 aromatic heterocycles. The van der Waals surface area contributed by atoms with Gasteiger partial charge in [0.2, 0.25) is 0 Å². The summed E-state index contributed by atoms with van der Waals surface area (Å²) < 4.78 is 13.2. The fraction of sp³-hybridized carbons (Fsp3) is 0.190. The van der Waals surface area contributed by atoms with Crippen LogP contribution in [0.2, 0.25) is 0 Å². The van der Waals surface area contributed by atoms with Gasteiger partial charge in [0, 0.05) is 37.6 Å². The van der Waals surface area contributed by atoms with Crippen LogP contribution in [-0.4, -0.2) is 26.2 Å². The van der Waals surface area contributed by atoms with Crippen LogP contribution in [-0.2, 0) is 12.8 Å². The minimum absolute atomic E-state index is 0.105. The molecular weight excluding hydrogens is 355 g/mol. The lowest BCUT2D eigenvalue weighted by molar-refractivity contribution is 0.624. The van der Waals surface area contributed by atoms with E-state index in [0.29, 0.717) is 30.1 Å². The Morgan fingerprint density at radius 1 is 1.18 bits per heavy atom. The van der Waals surface area contributed by atoms with Crippen LogP contribution in [0, 0.1) is 11.2 Å². The Morgan fingerprint density at radius 3 is 2.64 bits per heavy atom. The lowest BCUT2D eigenvalue weighted by Gasteiger charge is -2.13. The average molecular weight is 376 g/mol. The minimum Gasteiger partial charge on any atom is -0.397 e. The van der Waals surface area contributed by atoms with Crippen LogP contribution in [0.15, 0.2) is 55.0 Å². The van der Waals surface area contributed by atoms with E-state index in [1.165, 1.54) is 18.2 Å². The monoisotopic (exact) mass is 376 g/mol. The SMILES string of the molecule is C[C@H](Cc1nc(Cc2cnccn2)cc(C(N)=CC=N)n1)c1ccc(F)cc1. The third-order valence-corrected chi connectivity index (χ3v) is 4.29. The van der Waals surface area contributed by atoms with Crippen molar-refractivity contribution in [3.05, 3.63) is 89.3 Å². The maximum absolute atomic E-state index is 13.2. The van der Waals surface area contributed by atoms with Gasteiger partial charge in [-0.1, -0.05) is 19.1 Å². The highest BCUT2D eigenvalue weighted by molar-refractivity contribution is 5.80. The van der Waals surface area contributed by atoms with Gasteiger partial charge in [0.05, 0.1) is 22.8 Å². The highest BCUT2D eigenvalue weighted by atomic mass is 19.1. The van der Waals surface area contributed by atoms with E-state index in [0.717, 1.165) is 23.2 Å². The predicted octanol–water partition coefficient (Wildman–Crippen LogP) is 3.29. The molecule has 2 heterocycles. The number of nitrogens with zero attached hydrogens (tertiary/aromatic N) is 4. The maximum Gasteiger partial charge on any atom is 0.129 e. The minimum atomic E-state index is -0.259. The molecule has 0 radical (unpaired) electrons. The van der Waals surface area contributed by atoms with Gasteiger partial charge in [-0.2, -0.15) is 0 Å². The number of halogens is 1. The van der Waals surface area contributed by atoms with E-state index < -0.39 is 0 Å². The van der Waals surface area contributed by atoms with E-state index in [2.05, 4.69) is 19.9 Å². The summed E-state index contributed by atoms with van der Waals surface area (Å²) in [5.41, 5.74) is 9.58. The van der Waals surface area contributed by atoms with E-state index in [1.54, 1.807) is 36.8 Å². The molecule has 0 amide bonds. The number of nitrogens with one attached hydrogen (secondary N) is 1. The molecule has 0 bridgehead atoms. The van der Waals surface area contributed by atoms with Crippen LogP contribution in [0.1, 0.15) is 41.3 Å². The quantitative estimate of drug-likeness (QED) is 0.616. The zero-order chi connectivity index (χ0) is 19.9. The summed E-state index contributed by atoms with van der Waals surface area (Å²) in [6, 6.07) is 8.25. The fourth-order valence-corrected chi connectivity index (χ4v) is 2.85. The van der Waals surface area contributed by atoms with Gasteiger partial charge in [0.15, 0.2) is 0 Å². The first-order valence-electron chi connectivity index (χ1n) is 8.89. The smallest absolute Gasteiger partial charge is 0.129 e. The van der Waals surface area contributed by atoms with Crippen LogP contribution >= 0.6 is 0 Å². The number of hydrogen-bond donors (Lipinski definition) is 2. The summed E-state index contributed by atoms with van der Waals surface area (Å²) in [5, 5.41) is 7.24. The van der Waals surface area contributed by atoms with Crippen molar-refractivity contribution in [1.82, 2.24) is 19.9 Å². The molecule has 0 spiro atoms. The number of allylic oxidation sites excluding steroid dienone is 1. The molecule has 0 unspecified atom stereocenters. The molecular formula is C21H21FN6. The Kier molecular flexibility index (Phi) is 6.16. The first-order chi connectivity index (χ1) is 13.5. The zero-order valence-electron chi connectivity index (χ0n) is 15.5. The molecule has 0 saturated carbocycles. The van der Waals surface area contributed by atoms with Crippen molar-refractivity contribution in [3.63, 3.8) is 0 Å². The topological polar surface area (TPSA) is 101 Å². The van der Waals surface area contributed by atoms with E-state index in [1.807, 2.05) is 6.92 Å². The molecule has 0 aliphatic rings. The van der Waals surface area contributed by atoms with Crippen LogP contribution in [0.5, 0.6) is 0 Å². The first kappa shape index (κ1) is 19.3. The van der Waals surface area contributed by atoms with Crippen LogP contribution in [0.25, 0.3) is 5.70 Å². The molecule has 0 aliphatic heterocycles. The number of hydrogen-bond acceptors (Lipinski definition) is 6. The normalized spacial score (nSPS) is 12.6. The standard InChI is InChI=1S/C21H21FN6/c1-14(15-2-4-16(22)5-3-15)10-21-27-17(11-18-13-25-8-9-26-18)12-20(28-21)19(24)6-7-23/h2-9,12-14,23H,10-11,24H2,1H3/t14-/m1/s1. The van der Waals surface area contributed by atoms with Crippen molar-refractivity contribution in [3.8, 4) is 0 Å². The summed E-state index contributed by atoms with van der Waals surface area (Å²) >= 11 is 0. The molecule has 142 valence electrons. The van der Waals surface area contributed by atoms with Crippen molar-refractivity contribution < 1.29 is 4.39 Å². The van der Waals surface area contributed by atoms with Gasteiger partial charge < -0.3 is 11.1 Å². The van der Waals surface area contributed by atoms with E-state index in [-0.39, 0.29) is 11.7 Å². The number of rotatable bonds is 7. The molecule has 28 heavy (non-hydrogen) atoms. The summed E-state index contributed by atoms with van der Waals surface area (Å²) in [7, 11) is 0. The Labute approximate surface area is 162 Å². The number of nitrogens with two attached hydrogens (primary N) is 1. The van der Waals surface area contributed by atoms with Crippen molar-refractivity contribution >= 4 is 11.9 Å². The molecule has 1 atom stereocenters. The molecule has 3 rings (SSSR count). The predicted molar refractivity (Wildman–Crippen MR) is 106 cm³/mol. The second kappa shape index (κ2) is 8.94. The molecule has 3 N–H and O–H groups in total. The van der Waals surface area contributed by atoms with Crippen molar-refractivity contribution in [2.45, 2.75) is 25.7 Å². The van der Waals surface area contributed by atoms with Gasteiger partial charge in [-0.15, -0.1) is 0 Å². The third kappa shape index (κ3) is 5.03. The Morgan fingerprint density at radius 2 is 1.96 bits per heavy atom. The van der Waals surface area contributed by atoms with Gasteiger partial charge in [0.1, 0.15) is 11.6 Å². The maximum atomic E-state index is 13.2. The Bertz CT molecular complexity index is 970. The molecule has 0 fully saturated rings. The Balaban J connectivity index is 1.91. The van der Waals surface area contributed by atoms with Crippen molar-refractivity contribution in [2.75, 3.05) is 0 Å². The number of benzene rings is 1. The van der Waals surface area contributed by atoms with Crippen LogP contribution < -0.4 is 5.73 Å². The van der Waals surface area contributed by atoms with Gasteiger partial charge in [-0.25, -0.2) is 14.4 Å². The molecule has 0 saturated heterocycles. The summed E-state index contributed by atoms with van der Waals surface area (Å²) in [6.45, 7) is 2.04. The zero-order valence-corrected chi connectivity index (χ0v) is 15.5. The van der Waals surface area contributed by atoms with Gasteiger partial charge in [-0.05, 0) is 35.8 Å². The third-order valence-electron chi connectivity index (χ3n) is 4.29. The summed E-state index contributed by atoms with van der Waals surface area (Å²) in [5.74, 6) is 0.479. The number of aromatic nitrogens is 4. The molecule has 7 heteroatoms. The van der Waals surface area contributed by atoms with Crippen molar-refractivity contribution in [2.24, 2.45) is 5.73 Å².